The molecule has 1 heterocycles. The summed E-state index contributed by atoms with van der Waals surface area (Å²) >= 11 is 1.58. The first kappa shape index (κ1) is 12.9. The molecule has 2 aromatic rings. The Hall–Kier alpha value is -2.06. The molecule has 5 heteroatoms. The SMILES string of the molecule is COc1cc(C#N)ccc1C1CCc2nc(N)sc2C1. The number of aromatic nitrogens is 1. The number of benzene rings is 1. The predicted octanol–water partition coefficient (Wildman–Crippen LogP) is 2.88. The summed E-state index contributed by atoms with van der Waals surface area (Å²) in [5.74, 6) is 1.21. The molecule has 0 saturated carbocycles. The van der Waals surface area contributed by atoms with E-state index in [2.05, 4.69) is 11.1 Å². The fourth-order valence-corrected chi connectivity index (χ4v) is 3.74. The fourth-order valence-electron chi connectivity index (χ4n) is 2.78. The molecule has 1 aliphatic rings. The highest BCUT2D eigenvalue weighted by molar-refractivity contribution is 7.15. The van der Waals surface area contributed by atoms with Crippen molar-refractivity contribution in [3.63, 3.8) is 0 Å². The molecule has 0 spiro atoms. The van der Waals surface area contributed by atoms with E-state index in [4.69, 9.17) is 15.7 Å². The molecule has 1 unspecified atom stereocenters. The van der Waals surface area contributed by atoms with E-state index in [-0.39, 0.29) is 0 Å². The van der Waals surface area contributed by atoms with E-state index >= 15 is 0 Å². The van der Waals surface area contributed by atoms with Crippen molar-refractivity contribution in [3.05, 3.63) is 39.9 Å². The summed E-state index contributed by atoms with van der Waals surface area (Å²) in [5, 5.41) is 9.62. The second-order valence-electron chi connectivity index (χ2n) is 4.93. The van der Waals surface area contributed by atoms with E-state index < -0.39 is 0 Å². The lowest BCUT2D eigenvalue weighted by molar-refractivity contribution is 0.402. The molecule has 1 aromatic heterocycles. The molecule has 3 rings (SSSR count). The van der Waals surface area contributed by atoms with Gasteiger partial charge in [-0.05, 0) is 42.9 Å². The summed E-state index contributed by atoms with van der Waals surface area (Å²) in [6.07, 6.45) is 2.95. The number of nitriles is 1. The van der Waals surface area contributed by atoms with Crippen LogP contribution in [0.5, 0.6) is 5.75 Å². The number of anilines is 1. The van der Waals surface area contributed by atoms with Crippen molar-refractivity contribution >= 4 is 16.5 Å². The molecule has 1 aromatic carbocycles. The molecule has 20 heavy (non-hydrogen) atoms. The molecule has 4 nitrogen and oxygen atoms in total. The van der Waals surface area contributed by atoms with Crippen LogP contribution < -0.4 is 10.5 Å². The van der Waals surface area contributed by atoms with Gasteiger partial charge < -0.3 is 10.5 Å². The van der Waals surface area contributed by atoms with Crippen molar-refractivity contribution in [3.8, 4) is 11.8 Å². The average Bonchev–Trinajstić information content (AvgIpc) is 2.85. The third kappa shape index (κ3) is 2.23. The first-order valence-electron chi connectivity index (χ1n) is 6.53. The molecule has 0 radical (unpaired) electrons. The van der Waals surface area contributed by atoms with Crippen LogP contribution >= 0.6 is 11.3 Å². The van der Waals surface area contributed by atoms with Gasteiger partial charge in [0.05, 0.1) is 24.4 Å². The van der Waals surface area contributed by atoms with Crippen LogP contribution in [0.4, 0.5) is 5.13 Å². The van der Waals surface area contributed by atoms with Crippen LogP contribution in [0.1, 0.15) is 34.0 Å². The molecule has 0 saturated heterocycles. The third-order valence-electron chi connectivity index (χ3n) is 3.76. The van der Waals surface area contributed by atoms with Gasteiger partial charge in [0, 0.05) is 4.88 Å². The zero-order chi connectivity index (χ0) is 14.1. The van der Waals surface area contributed by atoms with Crippen LogP contribution in [-0.4, -0.2) is 12.1 Å². The molecule has 0 bridgehead atoms. The summed E-state index contributed by atoms with van der Waals surface area (Å²) in [6.45, 7) is 0. The van der Waals surface area contributed by atoms with E-state index in [1.807, 2.05) is 18.2 Å². The summed E-state index contributed by atoms with van der Waals surface area (Å²) < 4.78 is 5.45. The summed E-state index contributed by atoms with van der Waals surface area (Å²) in [4.78, 5) is 5.65. The number of thiazole rings is 1. The highest BCUT2D eigenvalue weighted by Gasteiger charge is 2.25. The second kappa shape index (κ2) is 5.14. The van der Waals surface area contributed by atoms with Crippen molar-refractivity contribution in [1.29, 1.82) is 5.26 Å². The Labute approximate surface area is 121 Å². The number of aryl methyl sites for hydroxylation is 1. The number of ether oxygens (including phenoxy) is 1. The smallest absolute Gasteiger partial charge is 0.180 e. The van der Waals surface area contributed by atoms with Crippen LogP contribution in [0.2, 0.25) is 0 Å². The number of nitrogens with two attached hydrogens (primary N) is 1. The Kier molecular flexibility index (Phi) is 3.33. The Morgan fingerprint density at radius 3 is 3.10 bits per heavy atom. The van der Waals surface area contributed by atoms with Gasteiger partial charge in [-0.15, -0.1) is 11.3 Å². The second-order valence-corrected chi connectivity index (χ2v) is 6.05. The quantitative estimate of drug-likeness (QED) is 0.921. The molecular weight excluding hydrogens is 270 g/mol. The largest absolute Gasteiger partial charge is 0.496 e. The Morgan fingerprint density at radius 1 is 1.50 bits per heavy atom. The molecule has 2 N–H and O–H groups in total. The minimum Gasteiger partial charge on any atom is -0.496 e. The first-order valence-corrected chi connectivity index (χ1v) is 7.35. The Bertz CT molecular complexity index is 687. The number of fused-ring (bicyclic) bond motifs is 1. The van der Waals surface area contributed by atoms with Gasteiger partial charge in [-0.25, -0.2) is 4.98 Å². The Morgan fingerprint density at radius 2 is 2.35 bits per heavy atom. The number of hydrogen-bond donors (Lipinski definition) is 1. The van der Waals surface area contributed by atoms with Crippen molar-refractivity contribution in [2.45, 2.75) is 25.2 Å². The number of nitrogen functional groups attached to an aromatic ring is 1. The summed E-state index contributed by atoms with van der Waals surface area (Å²) in [5.41, 5.74) is 8.73. The number of methoxy groups -OCH3 is 1. The van der Waals surface area contributed by atoms with Gasteiger partial charge in [0.1, 0.15) is 5.75 Å². The highest BCUT2D eigenvalue weighted by atomic mass is 32.1. The van der Waals surface area contributed by atoms with E-state index in [9.17, 15) is 0 Å². The van der Waals surface area contributed by atoms with Crippen LogP contribution in [0.15, 0.2) is 18.2 Å². The summed E-state index contributed by atoms with van der Waals surface area (Å²) in [6, 6.07) is 7.82. The van der Waals surface area contributed by atoms with Crippen molar-refractivity contribution < 1.29 is 4.74 Å². The van der Waals surface area contributed by atoms with Crippen LogP contribution in [0.25, 0.3) is 0 Å². The van der Waals surface area contributed by atoms with Crippen LogP contribution in [0.3, 0.4) is 0 Å². The van der Waals surface area contributed by atoms with Gasteiger partial charge in [-0.3, -0.25) is 0 Å². The lowest BCUT2D eigenvalue weighted by Gasteiger charge is -2.23. The number of nitrogens with zero attached hydrogens (tertiary/aromatic N) is 2. The summed E-state index contributed by atoms with van der Waals surface area (Å²) in [7, 11) is 1.65. The van der Waals surface area contributed by atoms with Gasteiger partial charge in [-0.1, -0.05) is 6.07 Å². The first-order chi connectivity index (χ1) is 9.71. The maximum absolute atomic E-state index is 8.97. The fraction of sp³-hybridized carbons (Fsp3) is 0.333. The molecular formula is C15H15N3OS. The zero-order valence-corrected chi connectivity index (χ0v) is 12.0. The van der Waals surface area contributed by atoms with Gasteiger partial charge in [0.25, 0.3) is 0 Å². The minimum absolute atomic E-state index is 0.407. The van der Waals surface area contributed by atoms with E-state index in [1.165, 1.54) is 10.4 Å². The van der Waals surface area contributed by atoms with Crippen LogP contribution in [-0.2, 0) is 12.8 Å². The molecule has 1 aliphatic carbocycles. The average molecular weight is 285 g/mol. The highest BCUT2D eigenvalue weighted by Crippen LogP contribution is 2.39. The molecule has 1 atom stereocenters. The van der Waals surface area contributed by atoms with Crippen molar-refractivity contribution in [1.82, 2.24) is 4.98 Å². The minimum atomic E-state index is 0.407. The topological polar surface area (TPSA) is 71.9 Å². The maximum Gasteiger partial charge on any atom is 0.180 e. The lowest BCUT2D eigenvalue weighted by atomic mass is 9.84. The molecule has 0 amide bonds. The monoisotopic (exact) mass is 285 g/mol. The van der Waals surface area contributed by atoms with Gasteiger partial charge in [0.15, 0.2) is 5.13 Å². The number of hydrogen-bond acceptors (Lipinski definition) is 5. The van der Waals surface area contributed by atoms with E-state index in [0.717, 1.165) is 30.7 Å². The van der Waals surface area contributed by atoms with Gasteiger partial charge in [0.2, 0.25) is 0 Å². The van der Waals surface area contributed by atoms with Crippen molar-refractivity contribution in [2.75, 3.05) is 12.8 Å². The van der Waals surface area contributed by atoms with Crippen molar-refractivity contribution in [2.24, 2.45) is 0 Å². The van der Waals surface area contributed by atoms with Crippen LogP contribution in [0, 0.1) is 11.3 Å². The van der Waals surface area contributed by atoms with E-state index in [0.29, 0.717) is 16.6 Å². The van der Waals surface area contributed by atoms with E-state index in [1.54, 1.807) is 18.4 Å². The molecule has 0 aliphatic heterocycles. The van der Waals surface area contributed by atoms with Gasteiger partial charge in [-0.2, -0.15) is 5.26 Å². The normalized spacial score (nSPS) is 17.3. The number of rotatable bonds is 2. The Balaban J connectivity index is 1.93. The van der Waals surface area contributed by atoms with Gasteiger partial charge >= 0.3 is 0 Å². The molecule has 0 fully saturated rings. The zero-order valence-electron chi connectivity index (χ0n) is 11.2. The lowest BCUT2D eigenvalue weighted by Crippen LogP contribution is -2.12. The molecule has 102 valence electrons. The maximum atomic E-state index is 8.97. The third-order valence-corrected chi connectivity index (χ3v) is 4.71. The standard InChI is InChI=1S/C15H15N3OS/c1-19-13-6-9(8-16)2-4-11(13)10-3-5-12-14(7-10)20-15(17)18-12/h2,4,6,10H,3,5,7H2,1H3,(H2,17,18). The predicted molar refractivity (Wildman–Crippen MR) is 79.0 cm³/mol.